The van der Waals surface area contributed by atoms with Crippen molar-refractivity contribution in [2.24, 2.45) is 0 Å². The number of benzene rings is 2. The van der Waals surface area contributed by atoms with Crippen LogP contribution in [0.3, 0.4) is 0 Å². The van der Waals surface area contributed by atoms with E-state index in [-0.39, 0.29) is 18.0 Å². The van der Waals surface area contributed by atoms with Crippen molar-refractivity contribution < 1.29 is 9.13 Å². The zero-order valence-electron chi connectivity index (χ0n) is 13.8. The molecule has 130 valence electrons. The Morgan fingerprint density at radius 1 is 1.27 bits per heavy atom. The Kier molecular flexibility index (Phi) is 5.34. The number of hydrogen-bond acceptors (Lipinski definition) is 5. The molecule has 1 N–H and O–H groups in total. The third-order valence-corrected chi connectivity index (χ3v) is 4.25. The van der Waals surface area contributed by atoms with Gasteiger partial charge in [-0.25, -0.2) is 9.37 Å². The van der Waals surface area contributed by atoms with E-state index in [1.165, 1.54) is 23.9 Å². The number of nitrogens with one attached hydrogen (secondary N) is 1. The van der Waals surface area contributed by atoms with Crippen molar-refractivity contribution >= 4 is 11.8 Å². The van der Waals surface area contributed by atoms with Crippen molar-refractivity contribution in [1.29, 1.82) is 5.26 Å². The lowest BCUT2D eigenvalue weighted by Crippen LogP contribution is -2.15. The second-order valence-electron chi connectivity index (χ2n) is 5.31. The summed E-state index contributed by atoms with van der Waals surface area (Å²) in [6, 6.07) is 15.0. The monoisotopic (exact) mass is 367 g/mol. The number of hydrogen-bond donors (Lipinski definition) is 1. The summed E-state index contributed by atoms with van der Waals surface area (Å²) in [4.78, 5) is 19.1. The Bertz CT molecular complexity index is 1040. The van der Waals surface area contributed by atoms with Gasteiger partial charge in [-0.05, 0) is 24.0 Å². The van der Waals surface area contributed by atoms with Crippen LogP contribution in [0, 0.1) is 17.1 Å². The van der Waals surface area contributed by atoms with Gasteiger partial charge in [-0.2, -0.15) is 5.26 Å². The summed E-state index contributed by atoms with van der Waals surface area (Å²) in [6.07, 6.45) is 1.78. The van der Waals surface area contributed by atoms with Gasteiger partial charge in [0.25, 0.3) is 5.56 Å². The highest BCUT2D eigenvalue weighted by molar-refractivity contribution is 7.98. The van der Waals surface area contributed by atoms with E-state index in [2.05, 4.69) is 9.97 Å². The van der Waals surface area contributed by atoms with Crippen molar-refractivity contribution in [2.45, 2.75) is 11.8 Å². The minimum absolute atomic E-state index is 0.0546. The molecule has 0 aliphatic carbocycles. The molecule has 0 aliphatic rings. The summed E-state index contributed by atoms with van der Waals surface area (Å²) in [6.45, 7) is 0.146. The van der Waals surface area contributed by atoms with Crippen LogP contribution in [0.4, 0.5) is 4.39 Å². The standard InChI is InChI=1S/C19H14FN3O2S/c1-26-19-22-17(16(10-21)18(24)23-19)15-8-3-2-5-12(15)11-25-14-7-4-6-13(20)9-14/h2-9H,11H2,1H3,(H,22,23,24). The van der Waals surface area contributed by atoms with Crippen LogP contribution >= 0.6 is 11.8 Å². The topological polar surface area (TPSA) is 78.8 Å². The Balaban J connectivity index is 2.01. The number of ether oxygens (including phenoxy) is 1. The molecule has 2 aromatic carbocycles. The highest BCUT2D eigenvalue weighted by atomic mass is 32.2. The first kappa shape index (κ1) is 17.7. The van der Waals surface area contributed by atoms with Gasteiger partial charge in [-0.1, -0.05) is 42.1 Å². The number of rotatable bonds is 5. The molecular formula is C19H14FN3O2S. The predicted octanol–water partition coefficient (Wildman–Crippen LogP) is 3.75. The summed E-state index contributed by atoms with van der Waals surface area (Å²) in [7, 11) is 0. The number of aromatic nitrogens is 2. The van der Waals surface area contributed by atoms with Crippen LogP contribution in [0.2, 0.25) is 0 Å². The molecule has 0 bridgehead atoms. The largest absolute Gasteiger partial charge is 0.489 e. The Morgan fingerprint density at radius 3 is 2.81 bits per heavy atom. The molecule has 1 aromatic heterocycles. The third kappa shape index (κ3) is 3.76. The fourth-order valence-corrected chi connectivity index (χ4v) is 2.82. The molecule has 0 saturated heterocycles. The molecule has 26 heavy (non-hydrogen) atoms. The van der Waals surface area contributed by atoms with Crippen molar-refractivity contribution in [3.8, 4) is 23.1 Å². The van der Waals surface area contributed by atoms with E-state index in [9.17, 15) is 14.4 Å². The minimum atomic E-state index is -0.484. The van der Waals surface area contributed by atoms with Gasteiger partial charge in [0.05, 0.1) is 5.69 Å². The molecule has 0 saturated carbocycles. The van der Waals surface area contributed by atoms with E-state index >= 15 is 0 Å². The molecule has 0 atom stereocenters. The molecule has 0 fully saturated rings. The van der Waals surface area contributed by atoms with Crippen LogP contribution in [0.1, 0.15) is 11.1 Å². The molecule has 1 heterocycles. The van der Waals surface area contributed by atoms with Crippen LogP contribution in [0.15, 0.2) is 58.5 Å². The average molecular weight is 367 g/mol. The van der Waals surface area contributed by atoms with Gasteiger partial charge >= 0.3 is 0 Å². The maximum Gasteiger partial charge on any atom is 0.270 e. The van der Waals surface area contributed by atoms with Crippen LogP contribution in [-0.2, 0) is 6.61 Å². The third-order valence-electron chi connectivity index (χ3n) is 3.67. The van der Waals surface area contributed by atoms with Crippen LogP contribution < -0.4 is 10.3 Å². The molecule has 0 spiro atoms. The lowest BCUT2D eigenvalue weighted by atomic mass is 10.0. The first-order chi connectivity index (χ1) is 12.6. The lowest BCUT2D eigenvalue weighted by Gasteiger charge is -2.12. The summed E-state index contributed by atoms with van der Waals surface area (Å²) in [5.74, 6) is 0.00686. The van der Waals surface area contributed by atoms with Crippen LogP contribution in [-0.4, -0.2) is 16.2 Å². The van der Waals surface area contributed by atoms with Crippen molar-refractivity contribution in [1.82, 2.24) is 9.97 Å². The number of nitriles is 1. The summed E-state index contributed by atoms with van der Waals surface area (Å²) in [5.41, 5.74) is 1.13. The molecule has 0 amide bonds. The molecule has 3 aromatic rings. The lowest BCUT2D eigenvalue weighted by molar-refractivity contribution is 0.305. The van der Waals surface area contributed by atoms with Gasteiger partial charge in [0.1, 0.15) is 29.8 Å². The maximum absolute atomic E-state index is 13.3. The first-order valence-electron chi connectivity index (χ1n) is 7.67. The maximum atomic E-state index is 13.3. The molecular weight excluding hydrogens is 353 g/mol. The zero-order chi connectivity index (χ0) is 18.5. The molecule has 0 unspecified atom stereocenters. The first-order valence-corrected chi connectivity index (χ1v) is 8.90. The SMILES string of the molecule is CSc1nc(-c2ccccc2COc2cccc(F)c2)c(C#N)c(=O)[nH]1. The van der Waals surface area contributed by atoms with Crippen molar-refractivity contribution in [3.05, 3.63) is 75.8 Å². The summed E-state index contributed by atoms with van der Waals surface area (Å²) in [5, 5.41) is 9.78. The molecule has 0 aliphatic heterocycles. The van der Waals surface area contributed by atoms with Gasteiger partial charge in [-0.15, -0.1) is 0 Å². The predicted molar refractivity (Wildman–Crippen MR) is 97.5 cm³/mol. The zero-order valence-corrected chi connectivity index (χ0v) is 14.6. The van der Waals surface area contributed by atoms with E-state index in [1.807, 2.05) is 18.2 Å². The van der Waals surface area contributed by atoms with Gasteiger partial charge in [0, 0.05) is 11.6 Å². The minimum Gasteiger partial charge on any atom is -0.489 e. The normalized spacial score (nSPS) is 10.3. The van der Waals surface area contributed by atoms with Crippen molar-refractivity contribution in [2.75, 3.05) is 6.26 Å². The molecule has 0 radical (unpaired) electrons. The molecule has 7 heteroatoms. The molecule has 5 nitrogen and oxygen atoms in total. The fourth-order valence-electron chi connectivity index (χ4n) is 2.44. The average Bonchev–Trinajstić information content (AvgIpc) is 2.66. The number of thioether (sulfide) groups is 1. The van der Waals surface area contributed by atoms with Crippen LogP contribution in [0.5, 0.6) is 5.75 Å². The highest BCUT2D eigenvalue weighted by Gasteiger charge is 2.16. The van der Waals surface area contributed by atoms with Crippen LogP contribution in [0.25, 0.3) is 11.3 Å². The van der Waals surface area contributed by atoms with Gasteiger partial charge < -0.3 is 9.72 Å². The Morgan fingerprint density at radius 2 is 2.08 bits per heavy atom. The van der Waals surface area contributed by atoms with E-state index in [0.717, 1.165) is 5.56 Å². The second kappa shape index (κ2) is 7.85. The second-order valence-corrected chi connectivity index (χ2v) is 6.11. The Labute approximate surface area is 153 Å². The van der Waals surface area contributed by atoms with E-state index in [4.69, 9.17) is 4.74 Å². The number of halogens is 1. The van der Waals surface area contributed by atoms with Gasteiger partial charge in [-0.3, -0.25) is 4.79 Å². The summed E-state index contributed by atoms with van der Waals surface area (Å²) >= 11 is 1.28. The van der Waals surface area contributed by atoms with E-state index < -0.39 is 5.56 Å². The highest BCUT2D eigenvalue weighted by Crippen LogP contribution is 2.26. The molecule has 3 rings (SSSR count). The number of nitrogens with zero attached hydrogens (tertiary/aromatic N) is 2. The smallest absolute Gasteiger partial charge is 0.270 e. The Hall–Kier alpha value is -3.11. The van der Waals surface area contributed by atoms with Crippen molar-refractivity contribution in [3.63, 3.8) is 0 Å². The van der Waals surface area contributed by atoms with E-state index in [0.29, 0.717) is 22.2 Å². The number of aromatic amines is 1. The van der Waals surface area contributed by atoms with Gasteiger partial charge in [0.15, 0.2) is 5.16 Å². The number of H-pyrrole nitrogens is 1. The quantitative estimate of drug-likeness (QED) is 0.549. The van der Waals surface area contributed by atoms with E-state index in [1.54, 1.807) is 30.5 Å². The summed E-state index contributed by atoms with van der Waals surface area (Å²) < 4.78 is 19.0. The fraction of sp³-hybridized carbons (Fsp3) is 0.105. The van der Waals surface area contributed by atoms with Gasteiger partial charge in [0.2, 0.25) is 0 Å².